The van der Waals surface area contributed by atoms with E-state index in [2.05, 4.69) is 22.0 Å². The van der Waals surface area contributed by atoms with E-state index in [1.807, 2.05) is 32.9 Å². The van der Waals surface area contributed by atoms with Gasteiger partial charge in [-0.1, -0.05) is 35.8 Å². The minimum atomic E-state index is 0.692. The fourth-order valence-electron chi connectivity index (χ4n) is 0.662. The predicted octanol–water partition coefficient (Wildman–Crippen LogP) is 3.66. The number of rotatable bonds is 0. The van der Waals surface area contributed by atoms with E-state index < -0.39 is 0 Å². The second-order valence-electron chi connectivity index (χ2n) is 2.08. The molecule has 0 aliphatic carbocycles. The summed E-state index contributed by atoms with van der Waals surface area (Å²) in [5, 5.41) is 8.48. The van der Waals surface area contributed by atoms with E-state index in [0.29, 0.717) is 5.56 Å². The third-order valence-corrected chi connectivity index (χ3v) is 2.16. The molecule has 12 heavy (non-hydrogen) atoms. The van der Waals surface area contributed by atoms with Crippen LogP contribution in [0.5, 0.6) is 0 Å². The highest BCUT2D eigenvalue weighted by Crippen LogP contribution is 2.16. The summed E-state index contributed by atoms with van der Waals surface area (Å²) >= 11 is 3.34. The first-order valence-electron chi connectivity index (χ1n) is 3.90. The van der Waals surface area contributed by atoms with Crippen molar-refractivity contribution in [2.75, 3.05) is 0 Å². The normalized spacial score (nSPS) is 7.92. The van der Waals surface area contributed by atoms with Crippen molar-refractivity contribution in [3.63, 3.8) is 0 Å². The highest BCUT2D eigenvalue weighted by Gasteiger charge is 1.94. The molecule has 0 spiro atoms. The van der Waals surface area contributed by atoms with E-state index in [1.165, 1.54) is 0 Å². The van der Waals surface area contributed by atoms with Gasteiger partial charge in [-0.05, 0) is 24.6 Å². The lowest BCUT2D eigenvalue weighted by molar-refractivity contribution is 1.40. The standard InChI is InChI=1S/C8H6BrN.C2H6/c1-6-2-3-7(5-10)4-8(6)9;1-2/h2-4H,1H3;1-2H3. The van der Waals surface area contributed by atoms with Gasteiger partial charge in [-0.25, -0.2) is 0 Å². The second kappa shape index (κ2) is 5.79. The molecule has 0 aliphatic rings. The summed E-state index contributed by atoms with van der Waals surface area (Å²) in [7, 11) is 0. The molecule has 1 rings (SSSR count). The predicted molar refractivity (Wildman–Crippen MR) is 54.9 cm³/mol. The summed E-state index contributed by atoms with van der Waals surface area (Å²) in [5.74, 6) is 0. The summed E-state index contributed by atoms with van der Waals surface area (Å²) in [5.41, 5.74) is 1.84. The smallest absolute Gasteiger partial charge is 0.0992 e. The van der Waals surface area contributed by atoms with Crippen LogP contribution in [0, 0.1) is 18.3 Å². The Morgan fingerprint density at radius 2 is 1.92 bits per heavy atom. The molecule has 2 heteroatoms. The summed E-state index contributed by atoms with van der Waals surface area (Å²) in [6, 6.07) is 7.60. The molecule has 1 aromatic carbocycles. The van der Waals surface area contributed by atoms with Gasteiger partial charge in [0.2, 0.25) is 0 Å². The topological polar surface area (TPSA) is 23.8 Å². The van der Waals surface area contributed by atoms with E-state index in [0.717, 1.165) is 10.0 Å². The third kappa shape index (κ3) is 3.06. The van der Waals surface area contributed by atoms with Crippen molar-refractivity contribution >= 4 is 15.9 Å². The zero-order valence-corrected chi connectivity index (χ0v) is 9.14. The van der Waals surface area contributed by atoms with Crippen LogP contribution in [0.4, 0.5) is 0 Å². The minimum absolute atomic E-state index is 0.692. The van der Waals surface area contributed by atoms with Crippen LogP contribution in [0.2, 0.25) is 0 Å². The Morgan fingerprint density at radius 1 is 1.33 bits per heavy atom. The highest BCUT2D eigenvalue weighted by molar-refractivity contribution is 9.10. The molecule has 0 N–H and O–H groups in total. The number of benzene rings is 1. The van der Waals surface area contributed by atoms with Crippen molar-refractivity contribution in [3.05, 3.63) is 33.8 Å². The van der Waals surface area contributed by atoms with Crippen LogP contribution in [0.25, 0.3) is 0 Å². The Balaban J connectivity index is 0.000000561. The second-order valence-corrected chi connectivity index (χ2v) is 2.93. The van der Waals surface area contributed by atoms with Gasteiger partial charge in [0.05, 0.1) is 11.6 Å². The molecule has 0 heterocycles. The maximum absolute atomic E-state index is 8.48. The zero-order chi connectivity index (χ0) is 9.56. The van der Waals surface area contributed by atoms with Gasteiger partial charge >= 0.3 is 0 Å². The number of hydrogen-bond donors (Lipinski definition) is 0. The minimum Gasteiger partial charge on any atom is -0.192 e. The molecular formula is C10H12BrN. The molecule has 0 saturated carbocycles. The summed E-state index contributed by atoms with van der Waals surface area (Å²) in [4.78, 5) is 0. The van der Waals surface area contributed by atoms with Crippen LogP contribution in [0.15, 0.2) is 22.7 Å². The lowest BCUT2D eigenvalue weighted by atomic mass is 10.2. The quantitative estimate of drug-likeness (QED) is 0.662. The first kappa shape index (κ1) is 11.2. The molecule has 0 bridgehead atoms. The van der Waals surface area contributed by atoms with Crippen LogP contribution >= 0.6 is 15.9 Å². The van der Waals surface area contributed by atoms with Gasteiger partial charge in [-0.15, -0.1) is 0 Å². The Morgan fingerprint density at radius 3 is 2.33 bits per heavy atom. The number of aryl methyl sites for hydroxylation is 1. The average Bonchev–Trinajstić information content (AvgIpc) is 2.13. The Kier molecular flexibility index (Phi) is 5.40. The number of halogens is 1. The van der Waals surface area contributed by atoms with E-state index in [4.69, 9.17) is 5.26 Å². The van der Waals surface area contributed by atoms with Gasteiger partial charge in [0.15, 0.2) is 0 Å². The third-order valence-electron chi connectivity index (χ3n) is 1.30. The molecule has 0 aromatic heterocycles. The molecule has 0 aliphatic heterocycles. The van der Waals surface area contributed by atoms with E-state index in [-0.39, 0.29) is 0 Å². The van der Waals surface area contributed by atoms with Crippen molar-refractivity contribution < 1.29 is 0 Å². The van der Waals surface area contributed by atoms with E-state index in [9.17, 15) is 0 Å². The van der Waals surface area contributed by atoms with Crippen LogP contribution in [0.1, 0.15) is 25.0 Å². The van der Waals surface area contributed by atoms with Crippen LogP contribution < -0.4 is 0 Å². The average molecular weight is 226 g/mol. The van der Waals surface area contributed by atoms with Gasteiger partial charge in [0, 0.05) is 4.47 Å². The summed E-state index contributed by atoms with van der Waals surface area (Å²) in [6.07, 6.45) is 0. The van der Waals surface area contributed by atoms with Crippen molar-refractivity contribution in [1.29, 1.82) is 5.26 Å². The van der Waals surface area contributed by atoms with Crippen LogP contribution in [0.3, 0.4) is 0 Å². The zero-order valence-electron chi connectivity index (χ0n) is 7.56. The van der Waals surface area contributed by atoms with E-state index in [1.54, 1.807) is 6.07 Å². The Bertz CT molecular complexity index is 286. The van der Waals surface area contributed by atoms with Gasteiger partial charge in [-0.3, -0.25) is 0 Å². The number of hydrogen-bond acceptors (Lipinski definition) is 1. The molecule has 64 valence electrons. The van der Waals surface area contributed by atoms with Gasteiger partial charge in [0.25, 0.3) is 0 Å². The SMILES string of the molecule is CC.Cc1ccc(C#N)cc1Br. The van der Waals surface area contributed by atoms with Crippen LogP contribution in [-0.2, 0) is 0 Å². The van der Waals surface area contributed by atoms with Crippen LogP contribution in [-0.4, -0.2) is 0 Å². The maximum atomic E-state index is 8.48. The molecular weight excluding hydrogens is 214 g/mol. The molecule has 0 atom stereocenters. The lowest BCUT2D eigenvalue weighted by Crippen LogP contribution is -1.77. The van der Waals surface area contributed by atoms with Gasteiger partial charge in [-0.2, -0.15) is 5.26 Å². The molecule has 0 radical (unpaired) electrons. The molecule has 1 nitrogen and oxygen atoms in total. The molecule has 0 unspecified atom stereocenters. The Labute approximate surface area is 82.2 Å². The van der Waals surface area contributed by atoms with Crippen molar-refractivity contribution in [1.82, 2.24) is 0 Å². The fourth-order valence-corrected chi connectivity index (χ4v) is 1.04. The molecule has 0 fully saturated rings. The summed E-state index contributed by atoms with van der Waals surface area (Å²) in [6.45, 7) is 5.99. The molecule has 1 aromatic rings. The molecule has 0 saturated heterocycles. The summed E-state index contributed by atoms with van der Waals surface area (Å²) < 4.78 is 0.992. The highest BCUT2D eigenvalue weighted by atomic mass is 79.9. The first-order chi connectivity index (χ1) is 5.74. The fraction of sp³-hybridized carbons (Fsp3) is 0.300. The number of nitriles is 1. The first-order valence-corrected chi connectivity index (χ1v) is 4.69. The molecule has 0 amide bonds. The number of nitrogens with zero attached hydrogens (tertiary/aromatic N) is 1. The van der Waals surface area contributed by atoms with E-state index >= 15 is 0 Å². The largest absolute Gasteiger partial charge is 0.192 e. The monoisotopic (exact) mass is 225 g/mol. The van der Waals surface area contributed by atoms with Gasteiger partial charge in [0.1, 0.15) is 0 Å². The lowest BCUT2D eigenvalue weighted by Gasteiger charge is -1.95. The van der Waals surface area contributed by atoms with Gasteiger partial charge < -0.3 is 0 Å². The Hall–Kier alpha value is -0.810. The van der Waals surface area contributed by atoms with Crippen molar-refractivity contribution in [2.24, 2.45) is 0 Å². The van der Waals surface area contributed by atoms with Crippen molar-refractivity contribution in [2.45, 2.75) is 20.8 Å². The maximum Gasteiger partial charge on any atom is 0.0992 e. The van der Waals surface area contributed by atoms with Crippen molar-refractivity contribution in [3.8, 4) is 6.07 Å².